The summed E-state index contributed by atoms with van der Waals surface area (Å²) in [6, 6.07) is 0. The second kappa shape index (κ2) is 6.78. The van der Waals surface area contributed by atoms with E-state index < -0.39 is 0 Å². The van der Waals surface area contributed by atoms with Gasteiger partial charge in [-0.25, -0.2) is 0 Å². The summed E-state index contributed by atoms with van der Waals surface area (Å²) in [6.45, 7) is 7.04. The van der Waals surface area contributed by atoms with Gasteiger partial charge < -0.3 is 14.6 Å². The predicted molar refractivity (Wildman–Crippen MR) is 50.7 cm³/mol. The van der Waals surface area contributed by atoms with Crippen LogP contribution in [0, 0.1) is 0 Å². The number of carbonyl (C=O) groups excluding carboxylic acids is 1. The minimum absolute atomic E-state index is 0.500. The van der Waals surface area contributed by atoms with Crippen molar-refractivity contribution in [3.63, 3.8) is 0 Å². The molecule has 1 rings (SSSR count). The topological polar surface area (TPSA) is 48.6 Å². The third kappa shape index (κ3) is 4.18. The molecule has 1 heterocycles. The minimum atomic E-state index is 0.500. The summed E-state index contributed by atoms with van der Waals surface area (Å²) in [4.78, 5) is 8.24. The Hall–Kier alpha value is -0.700. The van der Waals surface area contributed by atoms with E-state index in [0.29, 0.717) is 6.08 Å². The molecule has 0 aromatic heterocycles. The van der Waals surface area contributed by atoms with E-state index in [1.807, 2.05) is 0 Å². The van der Waals surface area contributed by atoms with Gasteiger partial charge in [0.25, 0.3) is 0 Å². The largest absolute Gasteiger partial charge is 0.724 e. The summed E-state index contributed by atoms with van der Waals surface area (Å²) in [5.74, 6) is 0. The fourth-order valence-electron chi connectivity index (χ4n) is 1.82. The summed E-state index contributed by atoms with van der Waals surface area (Å²) < 4.78 is 6.38. The van der Waals surface area contributed by atoms with E-state index in [-0.39, 0.29) is 0 Å². The van der Waals surface area contributed by atoms with Crippen molar-refractivity contribution >= 4 is 6.08 Å². The lowest BCUT2D eigenvalue weighted by atomic mass is 10.4. The highest BCUT2D eigenvalue weighted by Gasteiger charge is 2.29. The van der Waals surface area contributed by atoms with Crippen molar-refractivity contribution in [2.75, 3.05) is 33.5 Å². The van der Waals surface area contributed by atoms with Gasteiger partial charge in [0.2, 0.25) is 0 Å². The van der Waals surface area contributed by atoms with Gasteiger partial charge in [0.1, 0.15) is 0 Å². The molecule has 4 heteroatoms. The number of likely N-dealkylation sites (tertiary alicyclic amines) is 1. The van der Waals surface area contributed by atoms with Gasteiger partial charge in [0, 0.05) is 20.0 Å². The molecule has 76 valence electrons. The van der Waals surface area contributed by atoms with Crippen molar-refractivity contribution in [3.8, 4) is 0 Å². The smallest absolute Gasteiger partial charge is 0.182 e. The first-order valence-corrected chi connectivity index (χ1v) is 4.60. The normalized spacial score (nSPS) is 18.6. The van der Waals surface area contributed by atoms with E-state index in [1.165, 1.54) is 37.0 Å². The quantitative estimate of drug-likeness (QED) is 0.376. The summed E-state index contributed by atoms with van der Waals surface area (Å²) in [5, 5.41) is 6.76. The molecule has 0 N–H and O–H groups in total. The van der Waals surface area contributed by atoms with Crippen LogP contribution in [0.25, 0.3) is 5.41 Å². The second-order valence-electron chi connectivity index (χ2n) is 3.32. The fourth-order valence-corrected chi connectivity index (χ4v) is 1.82. The highest BCUT2D eigenvalue weighted by atomic mass is 16.5. The number of hydrogen-bond donors (Lipinski definition) is 0. The van der Waals surface area contributed by atoms with Gasteiger partial charge in [-0.05, 0) is 13.0 Å². The SMILES string of the molecule is CC[N+]1(COC)CCCC1.[N-]=C=O. The maximum atomic E-state index is 8.24. The molecule has 0 bridgehead atoms. The molecule has 0 aromatic carbocycles. The Balaban J connectivity index is 0.000000424. The number of methoxy groups -OCH3 is 1. The summed E-state index contributed by atoms with van der Waals surface area (Å²) >= 11 is 0. The first-order chi connectivity index (χ1) is 6.24. The lowest BCUT2D eigenvalue weighted by molar-refractivity contribution is -0.932. The van der Waals surface area contributed by atoms with E-state index in [2.05, 4.69) is 6.92 Å². The third-order valence-electron chi connectivity index (χ3n) is 2.59. The Kier molecular flexibility index (Phi) is 6.41. The zero-order valence-electron chi connectivity index (χ0n) is 8.45. The first-order valence-electron chi connectivity index (χ1n) is 4.60. The number of rotatable bonds is 3. The monoisotopic (exact) mass is 186 g/mol. The maximum Gasteiger partial charge on any atom is 0.182 e. The van der Waals surface area contributed by atoms with E-state index in [9.17, 15) is 0 Å². The van der Waals surface area contributed by atoms with Crippen LogP contribution < -0.4 is 0 Å². The van der Waals surface area contributed by atoms with Crippen molar-refractivity contribution in [3.05, 3.63) is 5.41 Å². The van der Waals surface area contributed by atoms with Crippen LogP contribution in [0.5, 0.6) is 0 Å². The predicted octanol–water partition coefficient (Wildman–Crippen LogP) is 1.11. The van der Waals surface area contributed by atoms with E-state index in [0.717, 1.165) is 6.73 Å². The molecule has 13 heavy (non-hydrogen) atoms. The number of nitrogens with zero attached hydrogens (tertiary/aromatic N) is 2. The van der Waals surface area contributed by atoms with E-state index in [1.54, 1.807) is 7.11 Å². The molecule has 0 aliphatic carbocycles. The lowest BCUT2D eigenvalue weighted by Gasteiger charge is -2.31. The van der Waals surface area contributed by atoms with Gasteiger partial charge in [-0.2, -0.15) is 0 Å². The standard InChI is InChI=1S/C8H18NO.CNO/c1-3-9(8-10-2)6-4-5-7-9;2-1-3/h3-8H2,1-2H3;/q+1;-1. The summed E-state index contributed by atoms with van der Waals surface area (Å²) in [6.07, 6.45) is 3.27. The molecular weight excluding hydrogens is 168 g/mol. The average molecular weight is 186 g/mol. The zero-order chi connectivity index (χ0) is 10.2. The number of quaternary nitrogens is 1. The minimum Gasteiger partial charge on any atom is -0.724 e. The lowest BCUT2D eigenvalue weighted by Crippen LogP contribution is -2.46. The maximum absolute atomic E-state index is 8.24. The first kappa shape index (κ1) is 12.3. The molecule has 0 atom stereocenters. The van der Waals surface area contributed by atoms with Crippen molar-refractivity contribution in [1.82, 2.24) is 0 Å². The Labute approximate surface area is 79.6 Å². The van der Waals surface area contributed by atoms with Crippen LogP contribution in [0.2, 0.25) is 0 Å². The molecule has 1 aliphatic rings. The van der Waals surface area contributed by atoms with Gasteiger partial charge in [0.05, 0.1) is 19.6 Å². The molecule has 0 amide bonds. The molecule has 0 radical (unpaired) electrons. The highest BCUT2D eigenvalue weighted by Crippen LogP contribution is 2.18. The number of ether oxygens (including phenoxy) is 1. The summed E-state index contributed by atoms with van der Waals surface area (Å²) in [7, 11) is 1.80. The van der Waals surface area contributed by atoms with Crippen molar-refractivity contribution in [1.29, 1.82) is 0 Å². The molecule has 0 saturated carbocycles. The Morgan fingerprint density at radius 1 is 1.46 bits per heavy atom. The molecule has 1 saturated heterocycles. The zero-order valence-corrected chi connectivity index (χ0v) is 8.45. The van der Waals surface area contributed by atoms with Crippen LogP contribution in [-0.4, -0.2) is 44.0 Å². The Morgan fingerprint density at radius 2 is 1.92 bits per heavy atom. The van der Waals surface area contributed by atoms with Crippen LogP contribution in [-0.2, 0) is 9.53 Å². The fraction of sp³-hybridized carbons (Fsp3) is 0.889. The van der Waals surface area contributed by atoms with Gasteiger partial charge in [-0.3, -0.25) is 4.79 Å². The van der Waals surface area contributed by atoms with Gasteiger partial charge in [-0.1, -0.05) is 0 Å². The van der Waals surface area contributed by atoms with Gasteiger partial charge >= 0.3 is 0 Å². The van der Waals surface area contributed by atoms with Crippen molar-refractivity contribution < 1.29 is 14.0 Å². The average Bonchev–Trinajstić information content (AvgIpc) is 2.56. The van der Waals surface area contributed by atoms with Crippen molar-refractivity contribution in [2.24, 2.45) is 0 Å². The van der Waals surface area contributed by atoms with Gasteiger partial charge in [0.15, 0.2) is 6.73 Å². The molecule has 4 nitrogen and oxygen atoms in total. The molecule has 1 fully saturated rings. The van der Waals surface area contributed by atoms with Gasteiger partial charge in [-0.15, -0.1) is 0 Å². The van der Waals surface area contributed by atoms with E-state index in [4.69, 9.17) is 14.9 Å². The van der Waals surface area contributed by atoms with Crippen LogP contribution >= 0.6 is 0 Å². The number of hydrogen-bond acceptors (Lipinski definition) is 2. The van der Waals surface area contributed by atoms with Crippen LogP contribution in [0.4, 0.5) is 0 Å². The highest BCUT2D eigenvalue weighted by molar-refractivity contribution is 5.36. The molecule has 0 aromatic rings. The van der Waals surface area contributed by atoms with Crippen LogP contribution in [0.15, 0.2) is 0 Å². The summed E-state index contributed by atoms with van der Waals surface area (Å²) in [5.41, 5.74) is 0. The van der Waals surface area contributed by atoms with Crippen molar-refractivity contribution in [2.45, 2.75) is 19.8 Å². The molecular formula is C9H18N2O2. The molecule has 0 spiro atoms. The molecule has 0 unspecified atom stereocenters. The van der Waals surface area contributed by atoms with E-state index >= 15 is 0 Å². The Bertz CT molecular complexity index is 159. The Morgan fingerprint density at radius 3 is 2.23 bits per heavy atom. The second-order valence-corrected chi connectivity index (χ2v) is 3.32. The molecule has 1 aliphatic heterocycles. The van der Waals surface area contributed by atoms with Crippen LogP contribution in [0.3, 0.4) is 0 Å². The third-order valence-corrected chi connectivity index (χ3v) is 2.59. The number of isocyanates is 1. The van der Waals surface area contributed by atoms with Crippen LogP contribution in [0.1, 0.15) is 19.8 Å².